The Morgan fingerprint density at radius 3 is 2.45 bits per heavy atom. The number of aryl methyl sites for hydroxylation is 1. The molecule has 0 aliphatic carbocycles. The zero-order valence-corrected chi connectivity index (χ0v) is 13.7. The molecule has 2 aromatic carbocycles. The molecular weight excluding hydrogens is 335 g/mol. The van der Waals surface area contributed by atoms with Gasteiger partial charge in [-0.15, -0.1) is 0 Å². The number of benzene rings is 2. The summed E-state index contributed by atoms with van der Waals surface area (Å²) in [5, 5.41) is 2.48. The Kier molecular flexibility index (Phi) is 3.08. The van der Waals surface area contributed by atoms with Crippen molar-refractivity contribution in [2.45, 2.75) is 6.92 Å². The quantitative estimate of drug-likeness (QED) is 0.351. The third kappa shape index (κ3) is 1.97. The van der Waals surface area contributed by atoms with Gasteiger partial charge in [-0.1, -0.05) is 0 Å². The maximum absolute atomic E-state index is 7.38. The average Bonchev–Trinajstić information content (AvgIpc) is 2.94. The molecule has 0 bridgehead atoms. The molecule has 2 nitrogen and oxygen atoms in total. The molecule has 104 valence electrons. The number of hydrogen-bond donors (Lipinski definition) is 0. The molecule has 0 fully saturated rings. The number of rotatable bonds is 1. The number of fused-ring (bicyclic) bond motifs is 3. The van der Waals surface area contributed by atoms with Gasteiger partial charge in [-0.05, 0) is 0 Å². The Balaban J connectivity index is 2.09. The Morgan fingerprint density at radius 2 is 1.73 bits per heavy atom. The van der Waals surface area contributed by atoms with Crippen LogP contribution in [0.3, 0.4) is 0 Å². The Bertz CT molecular complexity index is 1040. The predicted octanol–water partition coefficient (Wildman–Crippen LogP) is 4.97. The summed E-state index contributed by atoms with van der Waals surface area (Å²) in [4.78, 5) is 8.27. The second kappa shape index (κ2) is 5.10. The van der Waals surface area contributed by atoms with E-state index in [1.165, 1.54) is 30.4 Å². The zero-order chi connectivity index (χ0) is 15.1. The molecule has 22 heavy (non-hydrogen) atoms. The molecule has 0 aliphatic heterocycles. The molecule has 0 unspecified atom stereocenters. The third-order valence-corrected chi connectivity index (χ3v) is 6.49. The first-order chi connectivity index (χ1) is 10.8. The van der Waals surface area contributed by atoms with E-state index in [0.717, 1.165) is 11.4 Å². The van der Waals surface area contributed by atoms with Crippen LogP contribution in [0.5, 0.6) is 0 Å². The molecule has 0 atom stereocenters. The summed E-state index contributed by atoms with van der Waals surface area (Å²) in [6.07, 6.45) is 1.91. The van der Waals surface area contributed by atoms with Crippen LogP contribution in [0.2, 0.25) is 0 Å². The van der Waals surface area contributed by atoms with Crippen molar-refractivity contribution in [1.82, 2.24) is 4.98 Å². The van der Waals surface area contributed by atoms with Crippen molar-refractivity contribution < 1.29 is 0 Å². The van der Waals surface area contributed by atoms with E-state index < -0.39 is 0 Å². The van der Waals surface area contributed by atoms with Gasteiger partial charge in [0.25, 0.3) is 0 Å². The van der Waals surface area contributed by atoms with Gasteiger partial charge in [-0.25, -0.2) is 0 Å². The van der Waals surface area contributed by atoms with E-state index in [9.17, 15) is 0 Å². The van der Waals surface area contributed by atoms with E-state index in [0.29, 0.717) is 0 Å². The summed E-state index contributed by atoms with van der Waals surface area (Å²) >= 11 is 0.162. The van der Waals surface area contributed by atoms with Crippen LogP contribution in [-0.2, 0) is 0 Å². The summed E-state index contributed by atoms with van der Waals surface area (Å²) in [7, 11) is 0. The van der Waals surface area contributed by atoms with E-state index in [-0.39, 0.29) is 14.5 Å². The van der Waals surface area contributed by atoms with Crippen molar-refractivity contribution in [3.8, 4) is 11.3 Å². The first kappa shape index (κ1) is 13.3. The van der Waals surface area contributed by atoms with E-state index in [1.54, 1.807) is 0 Å². The third-order valence-electron chi connectivity index (χ3n) is 3.81. The van der Waals surface area contributed by atoms with Crippen molar-refractivity contribution in [1.29, 1.82) is 0 Å². The molecule has 0 spiro atoms. The zero-order valence-electron chi connectivity index (χ0n) is 12.0. The molecule has 2 aromatic heterocycles. The Hall–Kier alpha value is -2.40. The van der Waals surface area contributed by atoms with Gasteiger partial charge in [-0.3, -0.25) is 0 Å². The van der Waals surface area contributed by atoms with Crippen LogP contribution in [0.25, 0.3) is 35.4 Å². The molecule has 0 amide bonds. The average molecular weight is 347 g/mol. The van der Waals surface area contributed by atoms with Crippen LogP contribution in [0.1, 0.15) is 5.56 Å². The van der Waals surface area contributed by atoms with Gasteiger partial charge in [0.1, 0.15) is 0 Å². The van der Waals surface area contributed by atoms with Crippen LogP contribution < -0.4 is 0 Å². The maximum atomic E-state index is 7.38. The summed E-state index contributed by atoms with van der Waals surface area (Å²) in [6.45, 7) is 9.43. The van der Waals surface area contributed by atoms with Crippen LogP contribution in [-0.4, -0.2) is 19.5 Å². The van der Waals surface area contributed by atoms with Crippen molar-refractivity contribution in [3.63, 3.8) is 0 Å². The normalized spacial score (nSPS) is 10.9. The fourth-order valence-electron chi connectivity index (χ4n) is 2.72. The minimum atomic E-state index is 0.162. The Morgan fingerprint density at radius 1 is 0.955 bits per heavy atom. The van der Waals surface area contributed by atoms with Gasteiger partial charge in [0.05, 0.1) is 0 Å². The predicted molar refractivity (Wildman–Crippen MR) is 92.6 cm³/mol. The van der Waals surface area contributed by atoms with E-state index >= 15 is 0 Å². The van der Waals surface area contributed by atoms with E-state index in [1.807, 2.05) is 25.3 Å². The minimum absolute atomic E-state index is 0.162. The molecule has 0 saturated carbocycles. The van der Waals surface area contributed by atoms with Crippen LogP contribution in [0.4, 0.5) is 5.69 Å². The number of hydrogen-bond acceptors (Lipinski definition) is 1. The summed E-state index contributed by atoms with van der Waals surface area (Å²) < 4.78 is 2.55. The first-order valence-electron chi connectivity index (χ1n) is 7.02. The molecule has 0 saturated heterocycles. The van der Waals surface area contributed by atoms with E-state index in [4.69, 9.17) is 6.57 Å². The van der Waals surface area contributed by atoms with Crippen LogP contribution >= 0.6 is 0 Å². The molecule has 0 radical (unpaired) electrons. The summed E-state index contributed by atoms with van der Waals surface area (Å²) in [5.74, 6) is 0. The molecular formula is C19H12N2Se. The SMILES string of the molecule is [C-]#[N+]c1cccc2c1[se]c1c(-c3ccc(C)cn3)cccc12. The second-order valence-corrected chi connectivity index (χ2v) is 7.41. The second-order valence-electron chi connectivity index (χ2n) is 5.27. The van der Waals surface area contributed by atoms with Crippen molar-refractivity contribution >= 4 is 39.5 Å². The van der Waals surface area contributed by atoms with E-state index in [2.05, 4.69) is 46.2 Å². The summed E-state index contributed by atoms with van der Waals surface area (Å²) in [5.41, 5.74) is 4.17. The molecule has 0 aliphatic rings. The fraction of sp³-hybridized carbons (Fsp3) is 0.0526. The van der Waals surface area contributed by atoms with Gasteiger partial charge in [-0.2, -0.15) is 0 Å². The monoisotopic (exact) mass is 348 g/mol. The van der Waals surface area contributed by atoms with Gasteiger partial charge >= 0.3 is 134 Å². The van der Waals surface area contributed by atoms with Crippen molar-refractivity contribution in [2.75, 3.05) is 0 Å². The Labute approximate surface area is 134 Å². The van der Waals surface area contributed by atoms with Gasteiger partial charge < -0.3 is 0 Å². The molecule has 2 heterocycles. The fourth-order valence-corrected chi connectivity index (χ4v) is 5.41. The molecule has 0 N–H and O–H groups in total. The number of nitrogens with zero attached hydrogens (tertiary/aromatic N) is 2. The molecule has 3 heteroatoms. The van der Waals surface area contributed by atoms with Gasteiger partial charge in [0, 0.05) is 0 Å². The van der Waals surface area contributed by atoms with Gasteiger partial charge in [0.15, 0.2) is 0 Å². The number of pyridine rings is 1. The first-order valence-corrected chi connectivity index (χ1v) is 8.74. The van der Waals surface area contributed by atoms with Crippen molar-refractivity contribution in [2.24, 2.45) is 0 Å². The topological polar surface area (TPSA) is 17.2 Å². The van der Waals surface area contributed by atoms with Crippen LogP contribution in [0, 0.1) is 13.5 Å². The van der Waals surface area contributed by atoms with Crippen molar-refractivity contribution in [3.05, 3.63) is 71.7 Å². The number of aromatic nitrogens is 1. The molecule has 4 aromatic rings. The standard InChI is InChI=1S/C19H12N2Se/c1-12-9-10-16(21-11-12)15-7-3-5-13-14-6-4-8-17(20-2)19(14)22-18(13)15/h3-11H,1H3. The molecule has 4 rings (SSSR count). The van der Waals surface area contributed by atoms with Gasteiger partial charge in [0.2, 0.25) is 0 Å². The van der Waals surface area contributed by atoms with Crippen LogP contribution in [0.15, 0.2) is 54.7 Å². The summed E-state index contributed by atoms with van der Waals surface area (Å²) in [6, 6.07) is 16.6.